The molecule has 0 radical (unpaired) electrons. The Morgan fingerprint density at radius 1 is 1.20 bits per heavy atom. The zero-order valence-corrected chi connectivity index (χ0v) is 14.7. The van der Waals surface area contributed by atoms with Crippen LogP contribution in [0.15, 0.2) is 54.6 Å². The van der Waals surface area contributed by atoms with Gasteiger partial charge in [-0.15, -0.1) is 0 Å². The van der Waals surface area contributed by atoms with Crippen LogP contribution in [0.2, 0.25) is 0 Å². The van der Waals surface area contributed by atoms with Crippen molar-refractivity contribution in [1.82, 2.24) is 5.32 Å². The highest BCUT2D eigenvalue weighted by atomic mass is 16.2. The zero-order valence-electron chi connectivity index (χ0n) is 14.7. The first-order valence-electron chi connectivity index (χ1n) is 8.74. The molecule has 1 fully saturated rings. The number of nitrogens with one attached hydrogen (secondary N) is 1. The van der Waals surface area contributed by atoms with E-state index in [0.29, 0.717) is 13.1 Å². The van der Waals surface area contributed by atoms with Gasteiger partial charge in [0, 0.05) is 25.2 Å². The number of benzene rings is 2. The SMILES string of the molecule is Cc1cccc(N2C[C@@H](C(=O)NC[C@H](C)c3ccccc3)CC2=O)c1. The van der Waals surface area contributed by atoms with Crippen molar-refractivity contribution in [2.75, 3.05) is 18.0 Å². The molecule has 130 valence electrons. The molecule has 4 nitrogen and oxygen atoms in total. The van der Waals surface area contributed by atoms with E-state index in [9.17, 15) is 9.59 Å². The number of rotatable bonds is 5. The third-order valence-electron chi connectivity index (χ3n) is 4.76. The van der Waals surface area contributed by atoms with Gasteiger partial charge in [-0.2, -0.15) is 0 Å². The van der Waals surface area contributed by atoms with E-state index in [-0.39, 0.29) is 30.1 Å². The minimum atomic E-state index is -0.281. The van der Waals surface area contributed by atoms with Crippen LogP contribution in [0.25, 0.3) is 0 Å². The molecule has 0 aromatic heterocycles. The lowest BCUT2D eigenvalue weighted by molar-refractivity contribution is -0.126. The molecule has 2 atom stereocenters. The number of hydrogen-bond acceptors (Lipinski definition) is 2. The van der Waals surface area contributed by atoms with Crippen LogP contribution in [-0.2, 0) is 9.59 Å². The van der Waals surface area contributed by atoms with Crippen LogP contribution in [0.1, 0.15) is 30.4 Å². The number of carbonyl (C=O) groups is 2. The molecule has 1 aliphatic rings. The predicted molar refractivity (Wildman–Crippen MR) is 99.5 cm³/mol. The summed E-state index contributed by atoms with van der Waals surface area (Å²) >= 11 is 0. The van der Waals surface area contributed by atoms with Gasteiger partial charge in [0.05, 0.1) is 5.92 Å². The molecule has 0 spiro atoms. The Hall–Kier alpha value is -2.62. The Labute approximate surface area is 148 Å². The van der Waals surface area contributed by atoms with E-state index in [4.69, 9.17) is 0 Å². The van der Waals surface area contributed by atoms with E-state index in [1.807, 2.05) is 49.4 Å². The molecule has 3 rings (SSSR count). The van der Waals surface area contributed by atoms with Crippen molar-refractivity contribution in [3.63, 3.8) is 0 Å². The molecular formula is C21H24N2O2. The molecule has 0 unspecified atom stereocenters. The lowest BCUT2D eigenvalue weighted by Gasteiger charge is -2.18. The zero-order chi connectivity index (χ0) is 17.8. The van der Waals surface area contributed by atoms with Gasteiger partial charge in [0.15, 0.2) is 0 Å². The maximum atomic E-state index is 12.5. The standard InChI is InChI=1S/C21H24N2O2/c1-15-7-6-10-19(11-15)23-14-18(12-20(23)24)21(25)22-13-16(2)17-8-4-3-5-9-17/h3-11,16,18H,12-14H2,1-2H3,(H,22,25)/t16-,18-/m0/s1. The fraction of sp³-hybridized carbons (Fsp3) is 0.333. The van der Waals surface area contributed by atoms with Gasteiger partial charge in [0.2, 0.25) is 11.8 Å². The van der Waals surface area contributed by atoms with Crippen molar-refractivity contribution in [2.24, 2.45) is 5.92 Å². The quantitative estimate of drug-likeness (QED) is 0.911. The van der Waals surface area contributed by atoms with E-state index >= 15 is 0 Å². The Bertz CT molecular complexity index is 758. The molecule has 2 amide bonds. The second-order valence-corrected chi connectivity index (χ2v) is 6.80. The first-order valence-corrected chi connectivity index (χ1v) is 8.74. The highest BCUT2D eigenvalue weighted by Gasteiger charge is 2.35. The van der Waals surface area contributed by atoms with Gasteiger partial charge < -0.3 is 10.2 Å². The lowest BCUT2D eigenvalue weighted by atomic mass is 10.0. The Morgan fingerprint density at radius 2 is 1.96 bits per heavy atom. The van der Waals surface area contributed by atoms with Crippen LogP contribution in [-0.4, -0.2) is 24.9 Å². The summed E-state index contributed by atoms with van der Waals surface area (Å²) in [4.78, 5) is 26.5. The minimum absolute atomic E-state index is 0.0156. The van der Waals surface area contributed by atoms with Crippen molar-refractivity contribution in [1.29, 1.82) is 0 Å². The van der Waals surface area contributed by atoms with Crippen LogP contribution >= 0.6 is 0 Å². The maximum Gasteiger partial charge on any atom is 0.227 e. The summed E-state index contributed by atoms with van der Waals surface area (Å²) in [5.41, 5.74) is 3.18. The molecule has 1 saturated heterocycles. The normalized spacial score (nSPS) is 18.2. The van der Waals surface area contributed by atoms with Gasteiger partial charge in [-0.25, -0.2) is 0 Å². The summed E-state index contributed by atoms with van der Waals surface area (Å²) in [5.74, 6) is -0.0562. The second-order valence-electron chi connectivity index (χ2n) is 6.80. The average Bonchev–Trinajstić information content (AvgIpc) is 3.02. The van der Waals surface area contributed by atoms with E-state index < -0.39 is 0 Å². The lowest BCUT2D eigenvalue weighted by Crippen LogP contribution is -2.35. The Morgan fingerprint density at radius 3 is 2.68 bits per heavy atom. The minimum Gasteiger partial charge on any atom is -0.355 e. The van der Waals surface area contributed by atoms with Crippen molar-refractivity contribution in [3.05, 3.63) is 65.7 Å². The third-order valence-corrected chi connectivity index (χ3v) is 4.76. The van der Waals surface area contributed by atoms with Crippen molar-refractivity contribution < 1.29 is 9.59 Å². The number of nitrogens with zero attached hydrogens (tertiary/aromatic N) is 1. The highest BCUT2D eigenvalue weighted by Crippen LogP contribution is 2.26. The molecule has 0 bridgehead atoms. The molecule has 1 aliphatic heterocycles. The maximum absolute atomic E-state index is 12.5. The van der Waals surface area contributed by atoms with Crippen LogP contribution < -0.4 is 10.2 Å². The van der Waals surface area contributed by atoms with Gasteiger partial charge in [-0.1, -0.05) is 49.4 Å². The highest BCUT2D eigenvalue weighted by molar-refractivity contribution is 6.00. The van der Waals surface area contributed by atoms with Crippen LogP contribution in [0.4, 0.5) is 5.69 Å². The van der Waals surface area contributed by atoms with Gasteiger partial charge in [0.25, 0.3) is 0 Å². The van der Waals surface area contributed by atoms with Gasteiger partial charge in [0.1, 0.15) is 0 Å². The summed E-state index contributed by atoms with van der Waals surface area (Å²) in [6, 6.07) is 18.0. The largest absolute Gasteiger partial charge is 0.355 e. The fourth-order valence-corrected chi connectivity index (χ4v) is 3.23. The first-order chi connectivity index (χ1) is 12.0. The monoisotopic (exact) mass is 336 g/mol. The van der Waals surface area contributed by atoms with Gasteiger partial charge in [-0.3, -0.25) is 9.59 Å². The number of anilines is 1. The van der Waals surface area contributed by atoms with E-state index in [1.165, 1.54) is 5.56 Å². The fourth-order valence-electron chi connectivity index (χ4n) is 3.23. The molecule has 25 heavy (non-hydrogen) atoms. The van der Waals surface area contributed by atoms with Crippen LogP contribution in [0, 0.1) is 12.8 Å². The van der Waals surface area contributed by atoms with Gasteiger partial charge in [-0.05, 0) is 36.1 Å². The third kappa shape index (κ3) is 4.08. The van der Waals surface area contributed by atoms with E-state index in [2.05, 4.69) is 24.4 Å². The molecule has 1 heterocycles. The summed E-state index contributed by atoms with van der Waals surface area (Å²) in [7, 11) is 0. The van der Waals surface area contributed by atoms with Crippen molar-refractivity contribution in [3.8, 4) is 0 Å². The smallest absolute Gasteiger partial charge is 0.227 e. The van der Waals surface area contributed by atoms with E-state index in [0.717, 1.165) is 11.3 Å². The molecular weight excluding hydrogens is 312 g/mol. The molecule has 2 aromatic rings. The Balaban J connectivity index is 1.57. The molecule has 4 heteroatoms. The summed E-state index contributed by atoms with van der Waals surface area (Å²) in [5, 5.41) is 3.01. The molecule has 2 aromatic carbocycles. The second kappa shape index (κ2) is 7.51. The van der Waals surface area contributed by atoms with Crippen LogP contribution in [0.5, 0.6) is 0 Å². The number of aryl methyl sites for hydroxylation is 1. The number of hydrogen-bond donors (Lipinski definition) is 1. The topological polar surface area (TPSA) is 49.4 Å². The average molecular weight is 336 g/mol. The first kappa shape index (κ1) is 17.2. The molecule has 1 N–H and O–H groups in total. The summed E-state index contributed by atoms with van der Waals surface area (Å²) in [6.07, 6.45) is 0.277. The summed E-state index contributed by atoms with van der Waals surface area (Å²) < 4.78 is 0. The van der Waals surface area contributed by atoms with Crippen molar-refractivity contribution >= 4 is 17.5 Å². The number of carbonyl (C=O) groups excluding carboxylic acids is 2. The Kier molecular flexibility index (Phi) is 5.17. The van der Waals surface area contributed by atoms with E-state index in [1.54, 1.807) is 4.90 Å². The predicted octanol–water partition coefficient (Wildman–Crippen LogP) is 3.27. The summed E-state index contributed by atoms with van der Waals surface area (Å²) in [6.45, 7) is 5.12. The molecule has 0 saturated carbocycles. The van der Waals surface area contributed by atoms with Gasteiger partial charge >= 0.3 is 0 Å². The number of amides is 2. The van der Waals surface area contributed by atoms with Crippen molar-refractivity contribution in [2.45, 2.75) is 26.2 Å². The molecule has 0 aliphatic carbocycles. The van der Waals surface area contributed by atoms with Crippen LogP contribution in [0.3, 0.4) is 0 Å².